The molecular formula is C17H24N2O6S. The maximum absolute atomic E-state index is 12.2. The number of hydrogen-bond acceptors (Lipinski definition) is 5. The van der Waals surface area contributed by atoms with Crippen molar-refractivity contribution < 1.29 is 27.9 Å². The Morgan fingerprint density at radius 2 is 1.88 bits per heavy atom. The smallest absolute Gasteiger partial charge is 0.339 e. The lowest BCUT2D eigenvalue weighted by Crippen LogP contribution is -2.41. The van der Waals surface area contributed by atoms with E-state index >= 15 is 0 Å². The number of rotatable bonds is 7. The molecule has 1 aromatic rings. The van der Waals surface area contributed by atoms with E-state index in [0.717, 1.165) is 25.7 Å². The molecule has 1 aromatic carbocycles. The van der Waals surface area contributed by atoms with Gasteiger partial charge in [-0.2, -0.15) is 0 Å². The summed E-state index contributed by atoms with van der Waals surface area (Å²) in [5, 5.41) is 11.5. The van der Waals surface area contributed by atoms with Gasteiger partial charge in [0.2, 0.25) is 15.9 Å². The molecular weight excluding hydrogens is 360 g/mol. The predicted octanol–water partition coefficient (Wildman–Crippen LogP) is 1.83. The highest BCUT2D eigenvalue weighted by molar-refractivity contribution is 7.90. The van der Waals surface area contributed by atoms with Gasteiger partial charge in [-0.3, -0.25) is 4.79 Å². The van der Waals surface area contributed by atoms with Crippen molar-refractivity contribution in [3.63, 3.8) is 0 Å². The monoisotopic (exact) mass is 384 g/mol. The summed E-state index contributed by atoms with van der Waals surface area (Å²) >= 11 is 0. The van der Waals surface area contributed by atoms with E-state index in [-0.39, 0.29) is 23.0 Å². The number of benzene rings is 1. The fourth-order valence-corrected chi connectivity index (χ4v) is 4.23. The number of carbonyl (C=O) groups is 2. The normalized spacial score (nSPS) is 20.4. The van der Waals surface area contributed by atoms with Crippen molar-refractivity contribution >= 4 is 27.6 Å². The first kappa shape index (κ1) is 20.2. The van der Waals surface area contributed by atoms with Gasteiger partial charge in [0.05, 0.1) is 7.11 Å². The third kappa shape index (κ3) is 5.70. The lowest BCUT2D eigenvalue weighted by atomic mass is 9.88. The molecule has 0 spiro atoms. The Kier molecular flexibility index (Phi) is 6.60. The highest BCUT2D eigenvalue weighted by Gasteiger charge is 2.25. The molecule has 1 amide bonds. The van der Waals surface area contributed by atoms with E-state index in [1.165, 1.54) is 25.3 Å². The summed E-state index contributed by atoms with van der Waals surface area (Å²) in [4.78, 5) is 23.1. The summed E-state index contributed by atoms with van der Waals surface area (Å²) in [6, 6.07) is 3.88. The van der Waals surface area contributed by atoms with Crippen molar-refractivity contribution in [2.24, 2.45) is 5.92 Å². The largest absolute Gasteiger partial charge is 0.496 e. The number of anilines is 1. The molecule has 0 atom stereocenters. The van der Waals surface area contributed by atoms with Crippen LogP contribution in [0.25, 0.3) is 0 Å². The molecule has 0 bridgehead atoms. The standard InChI is InChI=1S/C17H24N2O6S/c1-11-3-5-12(6-4-11)19-26(23,24)10-16(20)18-13-7-8-14(17(21)22)15(9-13)25-2/h7-9,11-12,19H,3-6,10H2,1-2H3,(H,18,20)(H,21,22). The van der Waals surface area contributed by atoms with Gasteiger partial charge in [-0.1, -0.05) is 6.92 Å². The van der Waals surface area contributed by atoms with E-state index in [9.17, 15) is 18.0 Å². The Hall–Kier alpha value is -2.13. The van der Waals surface area contributed by atoms with Crippen molar-refractivity contribution in [3.05, 3.63) is 23.8 Å². The van der Waals surface area contributed by atoms with Crippen LogP contribution in [-0.2, 0) is 14.8 Å². The van der Waals surface area contributed by atoms with Crippen molar-refractivity contribution in [1.29, 1.82) is 0 Å². The van der Waals surface area contributed by atoms with E-state index in [1.54, 1.807) is 0 Å². The Bertz CT molecular complexity index is 769. The van der Waals surface area contributed by atoms with Crippen LogP contribution in [-0.4, -0.2) is 44.3 Å². The van der Waals surface area contributed by atoms with Crippen LogP contribution in [0.15, 0.2) is 18.2 Å². The molecule has 0 radical (unpaired) electrons. The van der Waals surface area contributed by atoms with Crippen LogP contribution >= 0.6 is 0 Å². The van der Waals surface area contributed by atoms with Gasteiger partial charge in [0.25, 0.3) is 0 Å². The van der Waals surface area contributed by atoms with E-state index < -0.39 is 27.7 Å². The molecule has 3 N–H and O–H groups in total. The topological polar surface area (TPSA) is 122 Å². The zero-order valence-electron chi connectivity index (χ0n) is 14.8. The SMILES string of the molecule is COc1cc(NC(=O)CS(=O)(=O)NC2CCC(C)CC2)ccc1C(=O)O. The van der Waals surface area contributed by atoms with E-state index in [1.807, 2.05) is 0 Å². The molecule has 1 fully saturated rings. The summed E-state index contributed by atoms with van der Waals surface area (Å²) in [6.07, 6.45) is 3.48. The van der Waals surface area contributed by atoms with E-state index in [0.29, 0.717) is 5.92 Å². The van der Waals surface area contributed by atoms with Gasteiger partial charge in [0, 0.05) is 17.8 Å². The van der Waals surface area contributed by atoms with Gasteiger partial charge in [0.1, 0.15) is 17.1 Å². The fourth-order valence-electron chi connectivity index (χ4n) is 2.99. The Morgan fingerprint density at radius 1 is 1.23 bits per heavy atom. The minimum atomic E-state index is -3.74. The predicted molar refractivity (Wildman–Crippen MR) is 96.9 cm³/mol. The first-order valence-corrected chi connectivity index (χ1v) is 10.1. The van der Waals surface area contributed by atoms with Crippen LogP contribution in [0.5, 0.6) is 5.75 Å². The second-order valence-electron chi connectivity index (χ2n) is 6.60. The maximum Gasteiger partial charge on any atom is 0.339 e. The zero-order valence-corrected chi connectivity index (χ0v) is 15.6. The quantitative estimate of drug-likeness (QED) is 0.659. The molecule has 0 heterocycles. The fraction of sp³-hybridized carbons (Fsp3) is 0.529. The molecule has 9 heteroatoms. The number of sulfonamides is 1. The Morgan fingerprint density at radius 3 is 2.46 bits per heavy atom. The number of ether oxygens (including phenoxy) is 1. The summed E-state index contributed by atoms with van der Waals surface area (Å²) in [5.41, 5.74) is 0.213. The lowest BCUT2D eigenvalue weighted by Gasteiger charge is -2.26. The molecule has 1 aliphatic carbocycles. The third-order valence-corrected chi connectivity index (χ3v) is 5.73. The minimum Gasteiger partial charge on any atom is -0.496 e. The second kappa shape index (κ2) is 8.50. The molecule has 26 heavy (non-hydrogen) atoms. The molecule has 1 saturated carbocycles. The van der Waals surface area contributed by atoms with Gasteiger partial charge in [-0.05, 0) is 43.7 Å². The lowest BCUT2D eigenvalue weighted by molar-refractivity contribution is -0.113. The average molecular weight is 384 g/mol. The number of carboxylic acid groups (broad SMARTS) is 1. The number of hydrogen-bond donors (Lipinski definition) is 3. The average Bonchev–Trinajstić information content (AvgIpc) is 2.55. The van der Waals surface area contributed by atoms with Crippen LogP contribution < -0.4 is 14.8 Å². The van der Waals surface area contributed by atoms with Crippen LogP contribution in [0.4, 0.5) is 5.69 Å². The number of methoxy groups -OCH3 is 1. The van der Waals surface area contributed by atoms with Gasteiger partial charge >= 0.3 is 5.97 Å². The Labute approximate surface area is 153 Å². The molecule has 1 aliphatic rings. The van der Waals surface area contributed by atoms with Crippen molar-refractivity contribution in [2.45, 2.75) is 38.6 Å². The zero-order chi connectivity index (χ0) is 19.3. The van der Waals surface area contributed by atoms with Crippen LogP contribution in [0, 0.1) is 5.92 Å². The van der Waals surface area contributed by atoms with Crippen molar-refractivity contribution in [3.8, 4) is 5.75 Å². The van der Waals surface area contributed by atoms with E-state index in [2.05, 4.69) is 17.0 Å². The highest BCUT2D eigenvalue weighted by atomic mass is 32.2. The van der Waals surface area contributed by atoms with Crippen LogP contribution in [0.2, 0.25) is 0 Å². The molecule has 2 rings (SSSR count). The minimum absolute atomic E-state index is 0.0497. The molecule has 144 valence electrons. The summed E-state index contributed by atoms with van der Waals surface area (Å²) in [5.74, 6) is -1.88. The summed E-state index contributed by atoms with van der Waals surface area (Å²) in [6.45, 7) is 2.14. The summed E-state index contributed by atoms with van der Waals surface area (Å²) < 4.78 is 31.9. The van der Waals surface area contributed by atoms with Crippen molar-refractivity contribution in [2.75, 3.05) is 18.2 Å². The van der Waals surface area contributed by atoms with Gasteiger partial charge in [-0.15, -0.1) is 0 Å². The molecule has 0 aromatic heterocycles. The molecule has 0 unspecified atom stereocenters. The number of nitrogens with one attached hydrogen (secondary N) is 2. The molecule has 0 saturated heterocycles. The van der Waals surface area contributed by atoms with Gasteiger partial charge in [0.15, 0.2) is 0 Å². The second-order valence-corrected chi connectivity index (χ2v) is 8.36. The van der Waals surface area contributed by atoms with Crippen molar-refractivity contribution in [1.82, 2.24) is 4.72 Å². The number of carbonyl (C=O) groups excluding carboxylic acids is 1. The van der Waals surface area contributed by atoms with E-state index in [4.69, 9.17) is 9.84 Å². The number of amides is 1. The van der Waals surface area contributed by atoms with Crippen LogP contribution in [0.3, 0.4) is 0 Å². The van der Waals surface area contributed by atoms with Gasteiger partial charge in [-0.25, -0.2) is 17.9 Å². The number of aromatic carboxylic acids is 1. The molecule has 8 nitrogen and oxygen atoms in total. The highest BCUT2D eigenvalue weighted by Crippen LogP contribution is 2.24. The van der Waals surface area contributed by atoms with Crippen LogP contribution in [0.1, 0.15) is 43.0 Å². The van der Waals surface area contributed by atoms with Gasteiger partial charge < -0.3 is 15.2 Å². The maximum atomic E-state index is 12.2. The number of carboxylic acids is 1. The molecule has 0 aliphatic heterocycles. The third-order valence-electron chi connectivity index (χ3n) is 4.40. The summed E-state index contributed by atoms with van der Waals surface area (Å²) in [7, 11) is -2.43. The first-order chi connectivity index (χ1) is 12.2. The Balaban J connectivity index is 1.96. The first-order valence-electron chi connectivity index (χ1n) is 8.41.